The van der Waals surface area contributed by atoms with Crippen LogP contribution < -0.4 is 5.73 Å². The van der Waals surface area contributed by atoms with Gasteiger partial charge >= 0.3 is 0 Å². The number of hydrogen-bond donors (Lipinski definition) is 1. The minimum Gasteiger partial charge on any atom is -0.327 e. The first-order valence-corrected chi connectivity index (χ1v) is 5.60. The number of hydrogen-bond acceptors (Lipinski definition) is 2. The van der Waals surface area contributed by atoms with Crippen molar-refractivity contribution in [3.05, 3.63) is 34.1 Å². The lowest BCUT2D eigenvalue weighted by atomic mass is 10.2. The molecule has 1 aromatic heterocycles. The number of nitrogens with two attached hydrogens (primary N) is 1. The van der Waals surface area contributed by atoms with E-state index in [0.717, 1.165) is 29.4 Å². The van der Waals surface area contributed by atoms with Gasteiger partial charge in [0.2, 0.25) is 0 Å². The van der Waals surface area contributed by atoms with Crippen LogP contribution in [0.2, 0.25) is 0 Å². The molecule has 1 aromatic rings. The van der Waals surface area contributed by atoms with Gasteiger partial charge in [0.05, 0.1) is 5.69 Å². The Kier molecular flexibility index (Phi) is 2.99. The van der Waals surface area contributed by atoms with Crippen molar-refractivity contribution in [3.8, 4) is 0 Å². The molecule has 2 rings (SSSR count). The van der Waals surface area contributed by atoms with E-state index >= 15 is 0 Å². The summed E-state index contributed by atoms with van der Waals surface area (Å²) in [6, 6.07) is 4.28. The van der Waals surface area contributed by atoms with Crippen molar-refractivity contribution in [3.63, 3.8) is 0 Å². The smallest absolute Gasteiger partial charge is 0.0771 e. The molecule has 2 nitrogen and oxygen atoms in total. The summed E-state index contributed by atoms with van der Waals surface area (Å²) in [7, 11) is 0. The molecule has 2 N–H and O–H groups in total. The molecule has 3 heteroatoms. The standard InChI is InChI=1S/C11H13BrN2/c12-10-2-1-5-14-11(10)7-8-3-4-9(13)6-8/h1-2,5,7,9H,3-4,6,13H2/b8-7-. The van der Waals surface area contributed by atoms with Crippen LogP contribution in [0.5, 0.6) is 0 Å². The molecule has 1 unspecified atom stereocenters. The van der Waals surface area contributed by atoms with Crippen LogP contribution in [0.3, 0.4) is 0 Å². The summed E-state index contributed by atoms with van der Waals surface area (Å²) in [5.74, 6) is 0. The summed E-state index contributed by atoms with van der Waals surface area (Å²) in [6.07, 6.45) is 7.20. The molecule has 0 bridgehead atoms. The van der Waals surface area contributed by atoms with E-state index in [1.54, 1.807) is 0 Å². The molecule has 0 aromatic carbocycles. The van der Waals surface area contributed by atoms with Gasteiger partial charge in [-0.2, -0.15) is 0 Å². The third kappa shape index (κ3) is 2.22. The van der Waals surface area contributed by atoms with Crippen LogP contribution in [0.1, 0.15) is 25.0 Å². The first-order chi connectivity index (χ1) is 6.75. The van der Waals surface area contributed by atoms with Crippen LogP contribution in [0.15, 0.2) is 28.4 Å². The number of pyridine rings is 1. The van der Waals surface area contributed by atoms with Gasteiger partial charge in [0.1, 0.15) is 0 Å². The maximum atomic E-state index is 5.84. The normalized spacial score (nSPS) is 24.4. The maximum Gasteiger partial charge on any atom is 0.0771 e. The average Bonchev–Trinajstić information content (AvgIpc) is 2.56. The average molecular weight is 253 g/mol. The molecule has 74 valence electrons. The molecule has 14 heavy (non-hydrogen) atoms. The molecule has 1 atom stereocenters. The Labute approximate surface area is 92.4 Å². The summed E-state index contributed by atoms with van der Waals surface area (Å²) >= 11 is 3.48. The Morgan fingerprint density at radius 2 is 2.43 bits per heavy atom. The number of rotatable bonds is 1. The minimum absolute atomic E-state index is 0.351. The number of aromatic nitrogens is 1. The van der Waals surface area contributed by atoms with Gasteiger partial charge in [0.25, 0.3) is 0 Å². The molecule has 0 aliphatic heterocycles. The molecule has 0 spiro atoms. The molecular weight excluding hydrogens is 240 g/mol. The van der Waals surface area contributed by atoms with E-state index < -0.39 is 0 Å². The molecule has 0 amide bonds. The van der Waals surface area contributed by atoms with Gasteiger partial charge in [-0.1, -0.05) is 5.57 Å². The van der Waals surface area contributed by atoms with Crippen LogP contribution in [0.4, 0.5) is 0 Å². The minimum atomic E-state index is 0.351. The molecule has 0 saturated heterocycles. The van der Waals surface area contributed by atoms with Gasteiger partial charge in [0, 0.05) is 16.7 Å². The second-order valence-electron chi connectivity index (χ2n) is 3.68. The van der Waals surface area contributed by atoms with Gasteiger partial charge in [0.15, 0.2) is 0 Å². The second-order valence-corrected chi connectivity index (χ2v) is 4.53. The molecule has 1 fully saturated rings. The maximum absolute atomic E-state index is 5.84. The third-order valence-corrected chi connectivity index (χ3v) is 3.16. The summed E-state index contributed by atoms with van der Waals surface area (Å²) in [6.45, 7) is 0. The van der Waals surface area contributed by atoms with Gasteiger partial charge < -0.3 is 5.73 Å². The summed E-state index contributed by atoms with van der Waals surface area (Å²) in [5, 5.41) is 0. The number of nitrogens with zero attached hydrogens (tertiary/aromatic N) is 1. The zero-order chi connectivity index (χ0) is 9.97. The van der Waals surface area contributed by atoms with Crippen LogP contribution in [0, 0.1) is 0 Å². The fourth-order valence-corrected chi connectivity index (χ4v) is 2.11. The Balaban J connectivity index is 2.21. The zero-order valence-electron chi connectivity index (χ0n) is 7.91. The van der Waals surface area contributed by atoms with Crippen molar-refractivity contribution in [2.24, 2.45) is 5.73 Å². The highest BCUT2D eigenvalue weighted by Gasteiger charge is 2.15. The highest BCUT2D eigenvalue weighted by Crippen LogP contribution is 2.26. The summed E-state index contributed by atoms with van der Waals surface area (Å²) in [4.78, 5) is 4.30. The van der Waals surface area contributed by atoms with Crippen molar-refractivity contribution in [2.75, 3.05) is 0 Å². The highest BCUT2D eigenvalue weighted by molar-refractivity contribution is 9.10. The molecule has 1 aliphatic carbocycles. The second kappa shape index (κ2) is 4.24. The summed E-state index contributed by atoms with van der Waals surface area (Å²) < 4.78 is 1.05. The van der Waals surface area contributed by atoms with Crippen molar-refractivity contribution >= 4 is 22.0 Å². The lowest BCUT2D eigenvalue weighted by Crippen LogP contribution is -2.13. The van der Waals surface area contributed by atoms with E-state index in [-0.39, 0.29) is 0 Å². The predicted octanol–water partition coefficient (Wildman–Crippen LogP) is 2.74. The van der Waals surface area contributed by atoms with E-state index in [4.69, 9.17) is 5.73 Å². The van der Waals surface area contributed by atoms with Gasteiger partial charge in [-0.05, 0) is 53.4 Å². The fraction of sp³-hybridized carbons (Fsp3) is 0.364. The number of halogens is 1. The van der Waals surface area contributed by atoms with E-state index in [1.807, 2.05) is 18.3 Å². The van der Waals surface area contributed by atoms with E-state index in [2.05, 4.69) is 27.0 Å². The topological polar surface area (TPSA) is 38.9 Å². The zero-order valence-corrected chi connectivity index (χ0v) is 9.50. The van der Waals surface area contributed by atoms with Gasteiger partial charge in [-0.25, -0.2) is 0 Å². The van der Waals surface area contributed by atoms with Crippen LogP contribution in [-0.2, 0) is 0 Å². The molecule has 1 saturated carbocycles. The lowest BCUT2D eigenvalue weighted by Gasteiger charge is -1.99. The van der Waals surface area contributed by atoms with Crippen molar-refractivity contribution in [1.82, 2.24) is 4.98 Å². The van der Waals surface area contributed by atoms with Crippen LogP contribution in [-0.4, -0.2) is 11.0 Å². The van der Waals surface area contributed by atoms with E-state index in [9.17, 15) is 0 Å². The molecule has 0 radical (unpaired) electrons. The Bertz CT molecular complexity index is 360. The Hall–Kier alpha value is -0.670. The molecule has 1 heterocycles. The first kappa shape index (κ1) is 9.87. The van der Waals surface area contributed by atoms with Crippen LogP contribution in [0.25, 0.3) is 6.08 Å². The largest absolute Gasteiger partial charge is 0.327 e. The van der Waals surface area contributed by atoms with Crippen LogP contribution >= 0.6 is 15.9 Å². The molecule has 1 aliphatic rings. The first-order valence-electron chi connectivity index (χ1n) is 4.81. The van der Waals surface area contributed by atoms with E-state index in [1.165, 1.54) is 5.57 Å². The molecular formula is C11H13BrN2. The van der Waals surface area contributed by atoms with Gasteiger partial charge in [-0.15, -0.1) is 0 Å². The summed E-state index contributed by atoms with van der Waals surface area (Å²) in [5.41, 5.74) is 8.27. The Morgan fingerprint density at radius 1 is 1.57 bits per heavy atom. The highest BCUT2D eigenvalue weighted by atomic mass is 79.9. The van der Waals surface area contributed by atoms with Crippen molar-refractivity contribution < 1.29 is 0 Å². The third-order valence-electron chi connectivity index (χ3n) is 2.49. The fourth-order valence-electron chi connectivity index (χ4n) is 1.74. The Morgan fingerprint density at radius 3 is 3.07 bits per heavy atom. The monoisotopic (exact) mass is 252 g/mol. The van der Waals surface area contributed by atoms with Gasteiger partial charge in [-0.3, -0.25) is 4.98 Å². The SMILES string of the molecule is NC1CC/C(=C/c2ncccc2Br)C1. The quantitative estimate of drug-likeness (QED) is 0.835. The predicted molar refractivity (Wildman–Crippen MR) is 61.7 cm³/mol. The van der Waals surface area contributed by atoms with Crippen molar-refractivity contribution in [1.29, 1.82) is 0 Å². The van der Waals surface area contributed by atoms with E-state index in [0.29, 0.717) is 6.04 Å². The van der Waals surface area contributed by atoms with Crippen molar-refractivity contribution in [2.45, 2.75) is 25.3 Å². The lowest BCUT2D eigenvalue weighted by molar-refractivity contribution is 0.711.